The van der Waals surface area contributed by atoms with E-state index in [9.17, 15) is 13.2 Å². The third-order valence-corrected chi connectivity index (χ3v) is 6.02. The van der Waals surface area contributed by atoms with Crippen LogP contribution in [-0.2, 0) is 19.6 Å². The van der Waals surface area contributed by atoms with Gasteiger partial charge in [-0.25, -0.2) is 17.9 Å². The molecule has 0 amide bonds. The number of alkyl halides is 1. The third-order valence-electron chi connectivity index (χ3n) is 3.84. The van der Waals surface area contributed by atoms with Crippen molar-refractivity contribution in [2.45, 2.75) is 50.9 Å². The summed E-state index contributed by atoms with van der Waals surface area (Å²) in [4.78, 5) is 11.5. The van der Waals surface area contributed by atoms with E-state index < -0.39 is 27.4 Å². The second kappa shape index (κ2) is 8.83. The molecular formula is C18H26ClNO4S. The van der Waals surface area contributed by atoms with Gasteiger partial charge in [-0.1, -0.05) is 37.6 Å². The Bertz CT molecular complexity index is 733. The van der Waals surface area contributed by atoms with E-state index in [2.05, 4.69) is 9.46 Å². The molecule has 0 aromatic heterocycles. The van der Waals surface area contributed by atoms with Crippen LogP contribution in [0.15, 0.2) is 29.2 Å². The van der Waals surface area contributed by atoms with E-state index in [0.29, 0.717) is 11.1 Å². The van der Waals surface area contributed by atoms with Crippen molar-refractivity contribution in [3.05, 3.63) is 41.0 Å². The molecule has 0 saturated carbocycles. The van der Waals surface area contributed by atoms with Gasteiger partial charge < -0.3 is 4.74 Å². The molecule has 5 nitrogen and oxygen atoms in total. The molecule has 0 radical (unpaired) electrons. The number of nitrogens with one attached hydrogen (secondary N) is 1. The molecule has 0 heterocycles. The minimum Gasteiger partial charge on any atom is -0.466 e. The van der Waals surface area contributed by atoms with Gasteiger partial charge in [-0.15, -0.1) is 11.6 Å². The number of hydrogen-bond acceptors (Lipinski definition) is 4. The van der Waals surface area contributed by atoms with Crippen LogP contribution in [0.3, 0.4) is 0 Å². The standard InChI is InChI=1S/C18H26ClNO4S/c1-11(2)17(15(19)7-8-16(21)24-6)20-25(22,23)18-13(4)9-12(3)10-14(18)5/h7-11,15,17,20H,1-6H3/b8-7+/t15-,17-/m0/s1. The van der Waals surface area contributed by atoms with Crippen LogP contribution in [0.2, 0.25) is 0 Å². The molecule has 1 aromatic rings. The molecule has 0 fully saturated rings. The highest BCUT2D eigenvalue weighted by molar-refractivity contribution is 7.89. The third kappa shape index (κ3) is 5.83. The second-order valence-electron chi connectivity index (χ2n) is 6.45. The summed E-state index contributed by atoms with van der Waals surface area (Å²) < 4.78 is 33.0. The molecule has 0 saturated heterocycles. The average molecular weight is 388 g/mol. The molecule has 25 heavy (non-hydrogen) atoms. The first kappa shape index (κ1) is 21.7. The Morgan fingerprint density at radius 2 is 1.72 bits per heavy atom. The summed E-state index contributed by atoms with van der Waals surface area (Å²) in [6.07, 6.45) is 2.64. The SMILES string of the molecule is COC(=O)/C=C/[C@H](Cl)[C@@H](NS(=O)(=O)c1c(C)cc(C)cc1C)C(C)C. The van der Waals surface area contributed by atoms with E-state index >= 15 is 0 Å². The summed E-state index contributed by atoms with van der Waals surface area (Å²) in [5.74, 6) is -0.619. The predicted molar refractivity (Wildman–Crippen MR) is 100 cm³/mol. The number of aryl methyl sites for hydroxylation is 3. The quantitative estimate of drug-likeness (QED) is 0.443. The van der Waals surface area contributed by atoms with Crippen LogP contribution in [0.5, 0.6) is 0 Å². The summed E-state index contributed by atoms with van der Waals surface area (Å²) in [6, 6.07) is 3.09. The van der Waals surface area contributed by atoms with Crippen molar-refractivity contribution in [1.29, 1.82) is 0 Å². The molecule has 0 aliphatic heterocycles. The lowest BCUT2D eigenvalue weighted by molar-refractivity contribution is -0.134. The van der Waals surface area contributed by atoms with E-state index in [1.807, 2.05) is 32.9 Å². The zero-order chi connectivity index (χ0) is 19.4. The molecule has 7 heteroatoms. The fourth-order valence-electron chi connectivity index (χ4n) is 2.76. The van der Waals surface area contributed by atoms with E-state index in [1.165, 1.54) is 19.3 Å². The Hall–Kier alpha value is -1.37. The second-order valence-corrected chi connectivity index (χ2v) is 8.60. The molecule has 1 rings (SSSR count). The number of esters is 1. The van der Waals surface area contributed by atoms with Crippen LogP contribution in [0, 0.1) is 26.7 Å². The van der Waals surface area contributed by atoms with Crippen molar-refractivity contribution in [3.63, 3.8) is 0 Å². The first-order valence-electron chi connectivity index (χ1n) is 8.00. The maximum atomic E-state index is 12.9. The van der Waals surface area contributed by atoms with Gasteiger partial charge in [0.25, 0.3) is 0 Å². The van der Waals surface area contributed by atoms with Gasteiger partial charge in [-0.05, 0) is 37.8 Å². The lowest BCUT2D eigenvalue weighted by Crippen LogP contribution is -2.44. The number of hydrogen-bond donors (Lipinski definition) is 1. The highest BCUT2D eigenvalue weighted by atomic mass is 35.5. The molecule has 0 aliphatic carbocycles. The van der Waals surface area contributed by atoms with Crippen LogP contribution < -0.4 is 4.72 Å². The summed E-state index contributed by atoms with van der Waals surface area (Å²) in [7, 11) is -2.49. The number of rotatable bonds is 7. The number of carbonyl (C=O) groups is 1. The van der Waals surface area contributed by atoms with Crippen LogP contribution >= 0.6 is 11.6 Å². The van der Waals surface area contributed by atoms with Gasteiger partial charge in [0, 0.05) is 12.1 Å². The van der Waals surface area contributed by atoms with Crippen molar-refractivity contribution in [2.75, 3.05) is 7.11 Å². The predicted octanol–water partition coefficient (Wildman–Crippen LogP) is 3.25. The molecule has 1 N–H and O–H groups in total. The van der Waals surface area contributed by atoms with Crippen LogP contribution in [0.25, 0.3) is 0 Å². The van der Waals surface area contributed by atoms with Gasteiger partial charge in [0.2, 0.25) is 10.0 Å². The van der Waals surface area contributed by atoms with Crippen molar-refractivity contribution in [2.24, 2.45) is 5.92 Å². The first-order chi connectivity index (χ1) is 11.5. The summed E-state index contributed by atoms with van der Waals surface area (Å²) in [5, 5.41) is -0.695. The van der Waals surface area contributed by atoms with Crippen molar-refractivity contribution < 1.29 is 17.9 Å². The lowest BCUT2D eigenvalue weighted by Gasteiger charge is -2.26. The van der Waals surface area contributed by atoms with E-state index in [0.717, 1.165) is 5.56 Å². The smallest absolute Gasteiger partial charge is 0.330 e. The Kier molecular flexibility index (Phi) is 7.65. The fraction of sp³-hybridized carbons (Fsp3) is 0.500. The number of benzene rings is 1. The van der Waals surface area contributed by atoms with Gasteiger partial charge >= 0.3 is 5.97 Å². The first-order valence-corrected chi connectivity index (χ1v) is 9.92. The number of methoxy groups -OCH3 is 1. The molecule has 0 bridgehead atoms. The Morgan fingerprint density at radius 1 is 1.20 bits per heavy atom. The monoisotopic (exact) mass is 387 g/mol. The van der Waals surface area contributed by atoms with Gasteiger partial charge in [0.1, 0.15) is 0 Å². The Morgan fingerprint density at radius 3 is 2.16 bits per heavy atom. The highest BCUT2D eigenvalue weighted by Crippen LogP contribution is 2.24. The number of ether oxygens (including phenoxy) is 1. The molecule has 0 aliphatic rings. The van der Waals surface area contributed by atoms with Gasteiger partial charge in [0.05, 0.1) is 17.4 Å². The zero-order valence-electron chi connectivity index (χ0n) is 15.5. The molecular weight excluding hydrogens is 362 g/mol. The highest BCUT2D eigenvalue weighted by Gasteiger charge is 2.29. The summed E-state index contributed by atoms with van der Waals surface area (Å²) >= 11 is 6.32. The zero-order valence-corrected chi connectivity index (χ0v) is 17.0. The number of halogens is 1. The Balaban J connectivity index is 3.17. The minimum absolute atomic E-state index is 0.0781. The van der Waals surface area contributed by atoms with Crippen molar-refractivity contribution in [1.82, 2.24) is 4.72 Å². The molecule has 0 unspecified atom stereocenters. The molecule has 1 aromatic carbocycles. The number of carbonyl (C=O) groups excluding carboxylic acids is 1. The molecule has 2 atom stereocenters. The maximum Gasteiger partial charge on any atom is 0.330 e. The maximum absolute atomic E-state index is 12.9. The van der Waals surface area contributed by atoms with Gasteiger partial charge in [-0.2, -0.15) is 0 Å². The van der Waals surface area contributed by atoms with Crippen LogP contribution in [0.4, 0.5) is 0 Å². The van der Waals surface area contributed by atoms with Gasteiger partial charge in [-0.3, -0.25) is 0 Å². The topological polar surface area (TPSA) is 72.5 Å². The largest absolute Gasteiger partial charge is 0.466 e. The number of sulfonamides is 1. The van der Waals surface area contributed by atoms with E-state index in [-0.39, 0.29) is 10.8 Å². The Labute approximate surface area is 155 Å². The van der Waals surface area contributed by atoms with Crippen LogP contribution in [-0.4, -0.2) is 32.9 Å². The fourth-order valence-corrected chi connectivity index (χ4v) is 5.12. The summed E-state index contributed by atoms with van der Waals surface area (Å²) in [6.45, 7) is 9.20. The molecule has 0 spiro atoms. The summed E-state index contributed by atoms with van der Waals surface area (Å²) in [5.41, 5.74) is 2.37. The van der Waals surface area contributed by atoms with Crippen molar-refractivity contribution >= 4 is 27.6 Å². The van der Waals surface area contributed by atoms with E-state index in [4.69, 9.17) is 11.6 Å². The van der Waals surface area contributed by atoms with E-state index in [1.54, 1.807) is 13.8 Å². The lowest BCUT2D eigenvalue weighted by atomic mass is 10.0. The normalized spacial score (nSPS) is 14.7. The van der Waals surface area contributed by atoms with Gasteiger partial charge in [0.15, 0.2) is 0 Å². The minimum atomic E-state index is -3.76. The average Bonchev–Trinajstić information content (AvgIpc) is 2.48. The van der Waals surface area contributed by atoms with Crippen molar-refractivity contribution in [3.8, 4) is 0 Å². The molecule has 140 valence electrons. The van der Waals surface area contributed by atoms with Crippen LogP contribution in [0.1, 0.15) is 30.5 Å².